The van der Waals surface area contributed by atoms with Gasteiger partial charge in [0.2, 0.25) is 0 Å². The molecule has 1 unspecified atom stereocenters. The van der Waals surface area contributed by atoms with E-state index in [1.54, 1.807) is 0 Å². The molecular formula is C13H22N2S. The smallest absolute Gasteiger partial charge is 0.0300 e. The first-order chi connectivity index (χ1) is 7.88. The molecule has 2 rings (SSSR count). The Balaban J connectivity index is 1.66. The SMILES string of the molecule is CCc1ccc(CNCC2CCCCN2)s1. The van der Waals surface area contributed by atoms with Crippen molar-refractivity contribution in [1.29, 1.82) is 0 Å². The Labute approximate surface area is 102 Å². The van der Waals surface area contributed by atoms with E-state index in [0.717, 1.165) is 19.5 Å². The normalized spacial score (nSPS) is 21.2. The summed E-state index contributed by atoms with van der Waals surface area (Å²) in [5.74, 6) is 0. The van der Waals surface area contributed by atoms with E-state index in [2.05, 4.69) is 29.7 Å². The monoisotopic (exact) mass is 238 g/mol. The lowest BCUT2D eigenvalue weighted by Gasteiger charge is -2.23. The second-order valence-electron chi connectivity index (χ2n) is 4.50. The van der Waals surface area contributed by atoms with E-state index in [1.165, 1.54) is 35.6 Å². The van der Waals surface area contributed by atoms with Crippen LogP contribution in [0.1, 0.15) is 35.9 Å². The molecule has 1 aliphatic rings. The lowest BCUT2D eigenvalue weighted by Crippen LogP contribution is -2.41. The highest BCUT2D eigenvalue weighted by Crippen LogP contribution is 2.16. The van der Waals surface area contributed by atoms with E-state index in [1.807, 2.05) is 11.3 Å². The maximum absolute atomic E-state index is 3.56. The minimum Gasteiger partial charge on any atom is -0.313 e. The summed E-state index contributed by atoms with van der Waals surface area (Å²) in [5, 5.41) is 7.12. The third-order valence-electron chi connectivity index (χ3n) is 3.17. The Morgan fingerprint density at radius 3 is 2.94 bits per heavy atom. The first-order valence-corrected chi connectivity index (χ1v) is 7.22. The molecule has 1 aromatic rings. The summed E-state index contributed by atoms with van der Waals surface area (Å²) >= 11 is 1.94. The number of thiophene rings is 1. The maximum Gasteiger partial charge on any atom is 0.0300 e. The van der Waals surface area contributed by atoms with Crippen LogP contribution in [-0.4, -0.2) is 19.1 Å². The zero-order chi connectivity index (χ0) is 11.2. The van der Waals surface area contributed by atoms with Gasteiger partial charge in [-0.15, -0.1) is 11.3 Å². The molecule has 2 heterocycles. The molecule has 1 aliphatic heterocycles. The van der Waals surface area contributed by atoms with Crippen LogP contribution in [-0.2, 0) is 13.0 Å². The van der Waals surface area contributed by atoms with Crippen molar-refractivity contribution < 1.29 is 0 Å². The Morgan fingerprint density at radius 1 is 1.38 bits per heavy atom. The molecule has 16 heavy (non-hydrogen) atoms. The third kappa shape index (κ3) is 3.58. The molecule has 2 nitrogen and oxygen atoms in total. The summed E-state index contributed by atoms with van der Waals surface area (Å²) < 4.78 is 0. The van der Waals surface area contributed by atoms with Gasteiger partial charge in [0.15, 0.2) is 0 Å². The minimum absolute atomic E-state index is 0.694. The van der Waals surface area contributed by atoms with Crippen molar-refractivity contribution in [2.45, 2.75) is 45.2 Å². The Bertz CT molecular complexity index is 303. The summed E-state index contributed by atoms with van der Waals surface area (Å²) in [5.41, 5.74) is 0. The molecule has 0 radical (unpaired) electrons. The fourth-order valence-corrected chi connectivity index (χ4v) is 3.10. The maximum atomic E-state index is 3.56. The van der Waals surface area contributed by atoms with Crippen molar-refractivity contribution in [2.75, 3.05) is 13.1 Å². The second-order valence-corrected chi connectivity index (χ2v) is 5.75. The lowest BCUT2D eigenvalue weighted by atomic mass is 10.1. The van der Waals surface area contributed by atoms with Gasteiger partial charge in [0.05, 0.1) is 0 Å². The first kappa shape index (κ1) is 12.1. The molecule has 0 aromatic carbocycles. The molecule has 0 amide bonds. The molecule has 0 saturated carbocycles. The predicted octanol–water partition coefficient (Wildman–Crippen LogP) is 2.54. The molecule has 1 fully saturated rings. The number of nitrogens with one attached hydrogen (secondary N) is 2. The standard InChI is InChI=1S/C13H22N2S/c1-2-12-6-7-13(16-12)10-14-9-11-5-3-4-8-15-11/h6-7,11,14-15H,2-5,8-10H2,1H3. The van der Waals surface area contributed by atoms with Crippen LogP contribution in [0.4, 0.5) is 0 Å². The van der Waals surface area contributed by atoms with Gasteiger partial charge in [0, 0.05) is 28.9 Å². The molecule has 0 bridgehead atoms. The second kappa shape index (κ2) is 6.38. The summed E-state index contributed by atoms with van der Waals surface area (Å²) in [6, 6.07) is 5.20. The number of aryl methyl sites for hydroxylation is 1. The number of rotatable bonds is 5. The van der Waals surface area contributed by atoms with Crippen LogP contribution in [0.3, 0.4) is 0 Å². The topological polar surface area (TPSA) is 24.1 Å². The zero-order valence-electron chi connectivity index (χ0n) is 10.1. The fourth-order valence-electron chi connectivity index (χ4n) is 2.18. The highest BCUT2D eigenvalue weighted by Gasteiger charge is 2.11. The molecule has 90 valence electrons. The molecule has 0 spiro atoms. The van der Waals surface area contributed by atoms with Crippen LogP contribution in [0, 0.1) is 0 Å². The van der Waals surface area contributed by atoms with Crippen molar-refractivity contribution in [2.24, 2.45) is 0 Å². The fraction of sp³-hybridized carbons (Fsp3) is 0.692. The quantitative estimate of drug-likeness (QED) is 0.824. The van der Waals surface area contributed by atoms with Crippen LogP contribution in [0.2, 0.25) is 0 Å². The van der Waals surface area contributed by atoms with Crippen LogP contribution in [0.15, 0.2) is 12.1 Å². The van der Waals surface area contributed by atoms with Crippen LogP contribution < -0.4 is 10.6 Å². The highest BCUT2D eigenvalue weighted by atomic mass is 32.1. The highest BCUT2D eigenvalue weighted by molar-refractivity contribution is 7.11. The largest absolute Gasteiger partial charge is 0.313 e. The van der Waals surface area contributed by atoms with Crippen molar-refractivity contribution in [3.05, 3.63) is 21.9 Å². The Morgan fingerprint density at radius 2 is 2.25 bits per heavy atom. The van der Waals surface area contributed by atoms with E-state index in [9.17, 15) is 0 Å². The van der Waals surface area contributed by atoms with Gasteiger partial charge in [-0.3, -0.25) is 0 Å². The van der Waals surface area contributed by atoms with E-state index in [-0.39, 0.29) is 0 Å². The average Bonchev–Trinajstić information content (AvgIpc) is 2.78. The van der Waals surface area contributed by atoms with E-state index in [4.69, 9.17) is 0 Å². The Hall–Kier alpha value is -0.380. The van der Waals surface area contributed by atoms with E-state index < -0.39 is 0 Å². The van der Waals surface area contributed by atoms with Crippen LogP contribution in [0.5, 0.6) is 0 Å². The van der Waals surface area contributed by atoms with Crippen molar-refractivity contribution in [3.63, 3.8) is 0 Å². The van der Waals surface area contributed by atoms with Gasteiger partial charge in [0.1, 0.15) is 0 Å². The molecule has 1 aromatic heterocycles. The lowest BCUT2D eigenvalue weighted by molar-refractivity contribution is 0.383. The molecule has 0 aliphatic carbocycles. The number of piperidine rings is 1. The molecule has 2 N–H and O–H groups in total. The number of hydrogen-bond donors (Lipinski definition) is 2. The molecular weight excluding hydrogens is 216 g/mol. The van der Waals surface area contributed by atoms with Gasteiger partial charge in [-0.25, -0.2) is 0 Å². The summed E-state index contributed by atoms with van der Waals surface area (Å²) in [4.78, 5) is 2.96. The van der Waals surface area contributed by atoms with Crippen LogP contribution >= 0.6 is 11.3 Å². The van der Waals surface area contributed by atoms with Gasteiger partial charge < -0.3 is 10.6 Å². The number of hydrogen-bond acceptors (Lipinski definition) is 3. The van der Waals surface area contributed by atoms with Gasteiger partial charge >= 0.3 is 0 Å². The zero-order valence-corrected chi connectivity index (χ0v) is 10.9. The Kier molecular flexibility index (Phi) is 4.82. The van der Waals surface area contributed by atoms with Gasteiger partial charge in [-0.05, 0) is 37.9 Å². The molecule has 1 saturated heterocycles. The van der Waals surface area contributed by atoms with Gasteiger partial charge in [-0.1, -0.05) is 13.3 Å². The van der Waals surface area contributed by atoms with Crippen molar-refractivity contribution in [3.8, 4) is 0 Å². The van der Waals surface area contributed by atoms with E-state index >= 15 is 0 Å². The predicted molar refractivity (Wildman–Crippen MR) is 71.0 cm³/mol. The minimum atomic E-state index is 0.694. The van der Waals surface area contributed by atoms with Crippen molar-refractivity contribution >= 4 is 11.3 Å². The van der Waals surface area contributed by atoms with Crippen molar-refractivity contribution in [1.82, 2.24) is 10.6 Å². The van der Waals surface area contributed by atoms with E-state index in [0.29, 0.717) is 6.04 Å². The third-order valence-corrected chi connectivity index (χ3v) is 4.40. The van der Waals surface area contributed by atoms with Crippen LogP contribution in [0.25, 0.3) is 0 Å². The summed E-state index contributed by atoms with van der Waals surface area (Å²) in [7, 11) is 0. The molecule has 1 atom stereocenters. The van der Waals surface area contributed by atoms with Gasteiger partial charge in [0.25, 0.3) is 0 Å². The summed E-state index contributed by atoms with van der Waals surface area (Å²) in [6.45, 7) is 5.56. The molecule has 3 heteroatoms. The first-order valence-electron chi connectivity index (χ1n) is 6.40. The average molecular weight is 238 g/mol. The summed E-state index contributed by atoms with van der Waals surface area (Å²) in [6.07, 6.45) is 5.23. The van der Waals surface area contributed by atoms with Gasteiger partial charge in [-0.2, -0.15) is 0 Å².